The number of imidazole rings is 1. The fourth-order valence-corrected chi connectivity index (χ4v) is 5.32. The van der Waals surface area contributed by atoms with Gasteiger partial charge in [0.1, 0.15) is 17.3 Å². The molecule has 0 bridgehead atoms. The molecule has 0 saturated carbocycles. The summed E-state index contributed by atoms with van der Waals surface area (Å²) < 4.78 is 52.8. The van der Waals surface area contributed by atoms with Crippen LogP contribution in [-0.4, -0.2) is 79.4 Å². The Kier molecular flexibility index (Phi) is 6.86. The zero-order chi connectivity index (χ0) is 30.0. The largest absolute Gasteiger partial charge is 0.498 e. The van der Waals surface area contributed by atoms with E-state index in [0.717, 1.165) is 5.56 Å². The molecule has 1 aromatic carbocycles. The predicted molar refractivity (Wildman–Crippen MR) is 151 cm³/mol. The van der Waals surface area contributed by atoms with Crippen molar-refractivity contribution >= 4 is 24.3 Å². The van der Waals surface area contributed by atoms with Crippen LogP contribution in [0.5, 0.6) is 0 Å². The third-order valence-corrected chi connectivity index (χ3v) is 8.37. The molecule has 2 fully saturated rings. The number of carbonyl (C=O) groups is 1. The maximum Gasteiger partial charge on any atom is 0.498 e. The summed E-state index contributed by atoms with van der Waals surface area (Å²) in [7, 11) is -0.666. The van der Waals surface area contributed by atoms with Crippen LogP contribution in [0.3, 0.4) is 0 Å². The number of hydrogen-bond donors (Lipinski definition) is 1. The van der Waals surface area contributed by atoms with Crippen LogP contribution >= 0.6 is 0 Å². The van der Waals surface area contributed by atoms with Gasteiger partial charge >= 0.3 is 13.2 Å². The highest BCUT2D eigenvalue weighted by Gasteiger charge is 2.52. The molecular formula is C29H32BF2N5O5. The summed E-state index contributed by atoms with van der Waals surface area (Å²) in [6.45, 7) is 10.3. The highest BCUT2D eigenvalue weighted by atomic mass is 19.1. The van der Waals surface area contributed by atoms with Crippen molar-refractivity contribution in [2.45, 2.75) is 58.3 Å². The fraction of sp³-hybridized carbons (Fsp3) is 0.414. The van der Waals surface area contributed by atoms with Crippen LogP contribution in [0.1, 0.15) is 39.0 Å². The highest BCUT2D eigenvalue weighted by Crippen LogP contribution is 2.37. The van der Waals surface area contributed by atoms with E-state index in [1.165, 1.54) is 21.7 Å². The van der Waals surface area contributed by atoms with Crippen molar-refractivity contribution in [3.05, 3.63) is 65.7 Å². The lowest BCUT2D eigenvalue weighted by Crippen LogP contribution is -2.45. The number of nitrogens with zero attached hydrogens (tertiary/aromatic N) is 5. The van der Waals surface area contributed by atoms with Crippen LogP contribution in [0, 0.1) is 18.6 Å². The molecule has 220 valence electrons. The summed E-state index contributed by atoms with van der Waals surface area (Å²) in [6, 6.07) is 6.12. The summed E-state index contributed by atoms with van der Waals surface area (Å²) in [6.07, 6.45) is 3.64. The third kappa shape index (κ3) is 4.95. The lowest BCUT2D eigenvalue weighted by Gasteiger charge is -2.32. The summed E-state index contributed by atoms with van der Waals surface area (Å²) in [5.41, 5.74) is 1.56. The van der Waals surface area contributed by atoms with Gasteiger partial charge in [0.15, 0.2) is 0 Å². The molecule has 42 heavy (non-hydrogen) atoms. The number of pyridine rings is 1. The zero-order valence-corrected chi connectivity index (χ0v) is 24.1. The van der Waals surface area contributed by atoms with Crippen LogP contribution in [0.2, 0.25) is 0 Å². The van der Waals surface area contributed by atoms with Gasteiger partial charge < -0.3 is 28.5 Å². The van der Waals surface area contributed by atoms with Gasteiger partial charge in [0.2, 0.25) is 0 Å². The molecule has 0 radical (unpaired) electrons. The van der Waals surface area contributed by atoms with Crippen LogP contribution in [-0.2, 0) is 20.5 Å². The standard InChI is InChI=1S/C29H32BF2N5O5/c1-17-6-7-36-23(13-20-16-35(27(38)39)8-9-40-20)26(34-24(36)10-17)25-21(31)11-19(12-22(25)32)37-15-18(14-33-37)30-41-28(2,3)29(4,5)42-30/h6-7,10-12,14-15,20H,8-9,13,16H2,1-5H3,(H,38,39)/t20-/m0/s1. The number of benzene rings is 1. The Hall–Kier alpha value is -3.81. The van der Waals surface area contributed by atoms with E-state index in [2.05, 4.69) is 10.1 Å². The molecule has 2 aliphatic rings. The van der Waals surface area contributed by atoms with Crippen LogP contribution < -0.4 is 5.46 Å². The Morgan fingerprint density at radius 2 is 1.83 bits per heavy atom. The molecule has 10 nitrogen and oxygen atoms in total. The molecule has 0 unspecified atom stereocenters. The second-order valence-electron chi connectivity index (χ2n) is 11.9. The van der Waals surface area contributed by atoms with E-state index in [0.29, 0.717) is 16.8 Å². The number of morpholine rings is 1. The van der Waals surface area contributed by atoms with E-state index >= 15 is 8.78 Å². The molecule has 2 saturated heterocycles. The van der Waals surface area contributed by atoms with Gasteiger partial charge in [-0.25, -0.2) is 23.2 Å². The van der Waals surface area contributed by atoms with Crippen molar-refractivity contribution in [3.8, 4) is 16.9 Å². The van der Waals surface area contributed by atoms with Gasteiger partial charge in [-0.05, 0) is 52.3 Å². The van der Waals surface area contributed by atoms with Crippen molar-refractivity contribution in [2.24, 2.45) is 0 Å². The quantitative estimate of drug-likeness (QED) is 0.357. The van der Waals surface area contributed by atoms with Crippen molar-refractivity contribution in [2.75, 3.05) is 19.7 Å². The van der Waals surface area contributed by atoms with Crippen LogP contribution in [0.25, 0.3) is 22.6 Å². The monoisotopic (exact) mass is 579 g/mol. The predicted octanol–water partition coefficient (Wildman–Crippen LogP) is 3.99. The third-order valence-electron chi connectivity index (χ3n) is 8.37. The van der Waals surface area contributed by atoms with E-state index < -0.39 is 42.2 Å². The van der Waals surface area contributed by atoms with Gasteiger partial charge in [-0.1, -0.05) is 0 Å². The second-order valence-corrected chi connectivity index (χ2v) is 11.9. The van der Waals surface area contributed by atoms with Gasteiger partial charge in [0, 0.05) is 49.2 Å². The normalized spacial score (nSPS) is 20.0. The highest BCUT2D eigenvalue weighted by molar-refractivity contribution is 6.62. The van der Waals surface area contributed by atoms with Gasteiger partial charge in [-0.3, -0.25) is 0 Å². The van der Waals surface area contributed by atoms with Crippen molar-refractivity contribution in [1.82, 2.24) is 24.1 Å². The first kappa shape index (κ1) is 28.3. The van der Waals surface area contributed by atoms with Gasteiger partial charge in [-0.2, -0.15) is 5.10 Å². The van der Waals surface area contributed by atoms with E-state index in [1.54, 1.807) is 23.0 Å². The first-order valence-electron chi connectivity index (χ1n) is 13.8. The van der Waals surface area contributed by atoms with E-state index in [4.69, 9.17) is 14.0 Å². The number of rotatable bonds is 5. The minimum absolute atomic E-state index is 0.136. The summed E-state index contributed by atoms with van der Waals surface area (Å²) >= 11 is 0. The number of halogens is 2. The number of amides is 1. The molecule has 0 aliphatic carbocycles. The Morgan fingerprint density at radius 1 is 1.14 bits per heavy atom. The minimum atomic E-state index is -1.04. The molecule has 4 aromatic rings. The molecular weight excluding hydrogens is 547 g/mol. The van der Waals surface area contributed by atoms with Gasteiger partial charge in [0.25, 0.3) is 0 Å². The van der Waals surface area contributed by atoms with E-state index in [-0.39, 0.29) is 43.1 Å². The molecule has 0 spiro atoms. The number of aryl methyl sites for hydroxylation is 1. The molecule has 6 rings (SSSR count). The average molecular weight is 579 g/mol. The summed E-state index contributed by atoms with van der Waals surface area (Å²) in [4.78, 5) is 17.4. The summed E-state index contributed by atoms with van der Waals surface area (Å²) in [5.74, 6) is -1.62. The molecule has 5 heterocycles. The van der Waals surface area contributed by atoms with Gasteiger partial charge in [0.05, 0.1) is 53.1 Å². The Labute approximate surface area is 242 Å². The fourth-order valence-electron chi connectivity index (χ4n) is 5.32. The van der Waals surface area contributed by atoms with E-state index in [1.807, 2.05) is 46.8 Å². The van der Waals surface area contributed by atoms with Crippen LogP contribution in [0.4, 0.5) is 13.6 Å². The SMILES string of the molecule is Cc1ccn2c(C[C@H]3CN(C(=O)O)CCO3)c(-c3c(F)cc(-n4cc(B5OC(C)(C)C(C)(C)O5)cn4)cc3F)nc2c1. The molecule has 1 N–H and O–H groups in total. The first-order chi connectivity index (χ1) is 19.8. The van der Waals surface area contributed by atoms with Crippen LogP contribution in [0.15, 0.2) is 42.9 Å². The number of carboxylic acid groups (broad SMARTS) is 1. The number of fused-ring (bicyclic) bond motifs is 1. The lowest BCUT2D eigenvalue weighted by atomic mass is 9.82. The zero-order valence-electron chi connectivity index (χ0n) is 24.1. The Morgan fingerprint density at radius 3 is 2.50 bits per heavy atom. The molecule has 2 aliphatic heterocycles. The van der Waals surface area contributed by atoms with Crippen molar-refractivity contribution < 1.29 is 32.7 Å². The average Bonchev–Trinajstić information content (AvgIpc) is 3.58. The van der Waals surface area contributed by atoms with Gasteiger partial charge in [-0.15, -0.1) is 0 Å². The topological polar surface area (TPSA) is 103 Å². The minimum Gasteiger partial charge on any atom is -0.465 e. The molecule has 13 heteroatoms. The maximum absolute atomic E-state index is 15.8. The smallest absolute Gasteiger partial charge is 0.465 e. The maximum atomic E-state index is 15.8. The Bertz CT molecular complexity index is 1650. The molecule has 1 atom stereocenters. The number of hydrogen-bond acceptors (Lipinski definition) is 6. The number of aromatic nitrogens is 4. The van der Waals surface area contributed by atoms with E-state index in [9.17, 15) is 9.90 Å². The second kappa shape index (κ2) is 10.2. The first-order valence-corrected chi connectivity index (χ1v) is 13.8. The molecule has 3 aromatic heterocycles. The number of ether oxygens (including phenoxy) is 1. The molecule has 1 amide bonds. The lowest BCUT2D eigenvalue weighted by molar-refractivity contribution is -0.0214. The van der Waals surface area contributed by atoms with Crippen molar-refractivity contribution in [3.63, 3.8) is 0 Å². The summed E-state index contributed by atoms with van der Waals surface area (Å²) in [5, 5.41) is 13.8. The Balaban J connectivity index is 1.35. The van der Waals surface area contributed by atoms with Crippen molar-refractivity contribution in [1.29, 1.82) is 0 Å².